The zero-order valence-electron chi connectivity index (χ0n) is 17.5. The van der Waals surface area contributed by atoms with Crippen molar-refractivity contribution in [1.82, 2.24) is 24.0 Å². The second kappa shape index (κ2) is 8.97. The highest BCUT2D eigenvalue weighted by molar-refractivity contribution is 7.00. The van der Waals surface area contributed by atoms with Crippen LogP contribution in [-0.4, -0.2) is 37.8 Å². The summed E-state index contributed by atoms with van der Waals surface area (Å²) in [7, 11) is 1.56. The molecule has 8 nitrogen and oxygen atoms in total. The first kappa shape index (κ1) is 20.5. The second-order valence-electron chi connectivity index (χ2n) is 7.70. The Morgan fingerprint density at radius 1 is 1.16 bits per heavy atom. The van der Waals surface area contributed by atoms with Gasteiger partial charge in [0.25, 0.3) is 5.91 Å². The molecule has 5 rings (SSSR count). The van der Waals surface area contributed by atoms with Crippen LogP contribution in [-0.2, 0) is 11.3 Å². The highest BCUT2D eigenvalue weighted by atomic mass is 32.1. The summed E-state index contributed by atoms with van der Waals surface area (Å²) >= 11 is 1.23. The summed E-state index contributed by atoms with van der Waals surface area (Å²) in [6.07, 6.45) is 6.13. The van der Waals surface area contributed by atoms with Crippen molar-refractivity contribution in [2.45, 2.75) is 31.8 Å². The standard InChI is InChI=1S/C23H22N6O2S/c1-31-21-9-8-18-22(27-21)19(10-11-24-18)26-23(30)15-3-5-16(6-4-15)25-13-14-2-7-17-20(12-14)29-32-28-17/h2-3,7-12,16,25H,4-6,13H2,1H3,(H,24,26,30). The minimum absolute atomic E-state index is 0.0953. The molecule has 162 valence electrons. The molecule has 4 aromatic rings. The molecule has 0 radical (unpaired) electrons. The Hall–Kier alpha value is -3.43. The van der Waals surface area contributed by atoms with Crippen molar-refractivity contribution in [1.29, 1.82) is 0 Å². The molecular weight excluding hydrogens is 424 g/mol. The fourth-order valence-corrected chi connectivity index (χ4v) is 4.37. The number of aromatic nitrogens is 4. The van der Waals surface area contributed by atoms with E-state index in [-0.39, 0.29) is 5.91 Å². The second-order valence-corrected chi connectivity index (χ2v) is 8.23. The summed E-state index contributed by atoms with van der Waals surface area (Å²) < 4.78 is 13.7. The lowest BCUT2D eigenvalue weighted by Crippen LogP contribution is -2.31. The van der Waals surface area contributed by atoms with Gasteiger partial charge in [0.1, 0.15) is 16.6 Å². The van der Waals surface area contributed by atoms with E-state index in [2.05, 4.69) is 41.5 Å². The van der Waals surface area contributed by atoms with Crippen LogP contribution < -0.4 is 15.4 Å². The van der Waals surface area contributed by atoms with Gasteiger partial charge in [-0.2, -0.15) is 8.75 Å². The molecule has 0 aliphatic heterocycles. The molecule has 1 aromatic carbocycles. The van der Waals surface area contributed by atoms with Crippen LogP contribution >= 0.6 is 11.7 Å². The minimum Gasteiger partial charge on any atom is -0.481 e. The van der Waals surface area contributed by atoms with Crippen LogP contribution in [0, 0.1) is 0 Å². The predicted octanol–water partition coefficient (Wildman–Crippen LogP) is 3.85. The average Bonchev–Trinajstić information content (AvgIpc) is 3.31. The number of pyridine rings is 2. The average molecular weight is 447 g/mol. The van der Waals surface area contributed by atoms with Crippen LogP contribution in [0.3, 0.4) is 0 Å². The number of rotatable bonds is 6. The van der Waals surface area contributed by atoms with Crippen LogP contribution in [0.25, 0.3) is 22.1 Å². The third-order valence-corrected chi connectivity index (χ3v) is 6.19. The number of fused-ring (bicyclic) bond motifs is 2. The first-order chi connectivity index (χ1) is 15.7. The molecule has 1 atom stereocenters. The number of amides is 1. The van der Waals surface area contributed by atoms with Crippen molar-refractivity contribution in [3.05, 3.63) is 59.8 Å². The summed E-state index contributed by atoms with van der Waals surface area (Å²) in [5, 5.41) is 6.58. The number of hydrogen-bond acceptors (Lipinski definition) is 8. The number of hydrogen-bond donors (Lipinski definition) is 2. The molecule has 1 amide bonds. The number of anilines is 1. The first-order valence-electron chi connectivity index (χ1n) is 10.4. The predicted molar refractivity (Wildman–Crippen MR) is 125 cm³/mol. The molecule has 1 aliphatic rings. The van der Waals surface area contributed by atoms with Gasteiger partial charge in [-0.05, 0) is 49.1 Å². The maximum absolute atomic E-state index is 12.9. The molecular formula is C23H22N6O2S. The van der Waals surface area contributed by atoms with E-state index in [9.17, 15) is 4.79 Å². The van der Waals surface area contributed by atoms with Crippen molar-refractivity contribution >= 4 is 45.4 Å². The number of methoxy groups -OCH3 is 1. The Balaban J connectivity index is 1.21. The summed E-state index contributed by atoms with van der Waals surface area (Å²) in [5.74, 6) is 0.388. The summed E-state index contributed by atoms with van der Waals surface area (Å²) in [5.41, 5.74) is 5.81. The fourth-order valence-electron chi connectivity index (χ4n) is 3.85. The van der Waals surface area contributed by atoms with Crippen LogP contribution in [0.15, 0.2) is 54.2 Å². The number of nitrogens with zero attached hydrogens (tertiary/aromatic N) is 4. The molecule has 3 aromatic heterocycles. The summed E-state index contributed by atoms with van der Waals surface area (Å²) in [6.45, 7) is 0.768. The van der Waals surface area contributed by atoms with Gasteiger partial charge in [-0.3, -0.25) is 9.78 Å². The van der Waals surface area contributed by atoms with Gasteiger partial charge in [0.05, 0.1) is 30.0 Å². The van der Waals surface area contributed by atoms with Crippen molar-refractivity contribution in [3.8, 4) is 5.88 Å². The number of carbonyl (C=O) groups excluding carboxylic acids is 1. The van der Waals surface area contributed by atoms with Gasteiger partial charge >= 0.3 is 0 Å². The topological polar surface area (TPSA) is 102 Å². The van der Waals surface area contributed by atoms with E-state index in [1.165, 1.54) is 17.3 Å². The van der Waals surface area contributed by atoms with Crippen LogP contribution in [0.5, 0.6) is 5.88 Å². The normalized spacial score (nSPS) is 16.2. The van der Waals surface area contributed by atoms with Gasteiger partial charge in [0.2, 0.25) is 5.88 Å². The van der Waals surface area contributed by atoms with E-state index < -0.39 is 0 Å². The van der Waals surface area contributed by atoms with Gasteiger partial charge in [-0.25, -0.2) is 4.98 Å². The number of carbonyl (C=O) groups is 1. The molecule has 2 N–H and O–H groups in total. The minimum atomic E-state index is -0.0953. The van der Waals surface area contributed by atoms with Gasteiger partial charge < -0.3 is 15.4 Å². The van der Waals surface area contributed by atoms with Gasteiger partial charge in [0, 0.05) is 30.4 Å². The van der Waals surface area contributed by atoms with Crippen molar-refractivity contribution in [2.24, 2.45) is 0 Å². The third kappa shape index (κ3) is 4.30. The molecule has 32 heavy (non-hydrogen) atoms. The monoisotopic (exact) mass is 446 g/mol. The molecule has 1 unspecified atom stereocenters. The molecule has 0 spiro atoms. The Labute approximate surface area is 189 Å². The largest absolute Gasteiger partial charge is 0.481 e. The maximum Gasteiger partial charge on any atom is 0.251 e. The molecule has 0 fully saturated rings. The lowest BCUT2D eigenvalue weighted by atomic mass is 9.94. The van der Waals surface area contributed by atoms with E-state index in [1.54, 1.807) is 25.4 Å². The number of benzene rings is 1. The SMILES string of the molecule is COc1ccc2nccc(NC(=O)C3=CCC(NCc4ccc5nsnc5c4)CC3)c2n1. The molecule has 0 saturated heterocycles. The quantitative estimate of drug-likeness (QED) is 0.464. The fraction of sp³-hybridized carbons (Fsp3) is 0.261. The van der Waals surface area contributed by atoms with Crippen molar-refractivity contribution in [2.75, 3.05) is 12.4 Å². The molecule has 9 heteroatoms. The van der Waals surface area contributed by atoms with Crippen molar-refractivity contribution in [3.63, 3.8) is 0 Å². The summed E-state index contributed by atoms with van der Waals surface area (Å²) in [4.78, 5) is 21.6. The third-order valence-electron chi connectivity index (χ3n) is 5.63. The highest BCUT2D eigenvalue weighted by Crippen LogP contribution is 2.25. The van der Waals surface area contributed by atoms with Crippen LogP contribution in [0.4, 0.5) is 5.69 Å². The molecule has 3 heterocycles. The Kier molecular flexibility index (Phi) is 5.74. The lowest BCUT2D eigenvalue weighted by molar-refractivity contribution is -0.113. The maximum atomic E-state index is 12.9. The van der Waals surface area contributed by atoms with E-state index in [0.717, 1.165) is 42.4 Å². The lowest BCUT2D eigenvalue weighted by Gasteiger charge is -2.23. The Morgan fingerprint density at radius 3 is 2.88 bits per heavy atom. The smallest absolute Gasteiger partial charge is 0.251 e. The molecule has 1 aliphatic carbocycles. The molecule has 0 bridgehead atoms. The van der Waals surface area contributed by atoms with Gasteiger partial charge in [0.15, 0.2) is 0 Å². The number of ether oxygens (including phenoxy) is 1. The first-order valence-corrected chi connectivity index (χ1v) is 11.2. The van der Waals surface area contributed by atoms with Crippen LogP contribution in [0.2, 0.25) is 0 Å². The van der Waals surface area contributed by atoms with E-state index >= 15 is 0 Å². The van der Waals surface area contributed by atoms with Crippen molar-refractivity contribution < 1.29 is 9.53 Å². The van der Waals surface area contributed by atoms with E-state index in [0.29, 0.717) is 28.6 Å². The zero-order valence-corrected chi connectivity index (χ0v) is 18.4. The molecule has 0 saturated carbocycles. The van der Waals surface area contributed by atoms with E-state index in [4.69, 9.17) is 4.74 Å². The van der Waals surface area contributed by atoms with E-state index in [1.807, 2.05) is 18.2 Å². The highest BCUT2D eigenvalue weighted by Gasteiger charge is 2.19. The van der Waals surface area contributed by atoms with Gasteiger partial charge in [-0.15, -0.1) is 0 Å². The summed E-state index contributed by atoms with van der Waals surface area (Å²) in [6, 6.07) is 11.8. The van der Waals surface area contributed by atoms with Crippen LogP contribution in [0.1, 0.15) is 24.8 Å². The Morgan fingerprint density at radius 2 is 2.03 bits per heavy atom. The Bertz CT molecular complexity index is 1320. The number of nitrogens with one attached hydrogen (secondary N) is 2. The van der Waals surface area contributed by atoms with Gasteiger partial charge in [-0.1, -0.05) is 12.1 Å². The zero-order chi connectivity index (χ0) is 21.9.